The van der Waals surface area contributed by atoms with E-state index in [0.717, 1.165) is 24.4 Å². The molecule has 0 heterocycles. The highest BCUT2D eigenvalue weighted by Gasteiger charge is 2.30. The monoisotopic (exact) mass is 241 g/mol. The van der Waals surface area contributed by atoms with Crippen LogP contribution in [0.4, 0.5) is 0 Å². The van der Waals surface area contributed by atoms with Crippen LogP contribution in [0.1, 0.15) is 53.4 Å². The first-order chi connectivity index (χ1) is 8.04. The SMILES string of the molecule is CNC1CCC(C(C)C)CC1CCOC(C)C. The first-order valence-electron chi connectivity index (χ1n) is 7.33. The minimum Gasteiger partial charge on any atom is -0.379 e. The van der Waals surface area contributed by atoms with Gasteiger partial charge in [-0.05, 0) is 64.3 Å². The lowest BCUT2D eigenvalue weighted by molar-refractivity contribution is 0.0532. The fourth-order valence-corrected chi connectivity index (χ4v) is 3.06. The molecule has 0 radical (unpaired) electrons. The standard InChI is InChI=1S/C15H31NO/c1-11(2)13-6-7-15(16-5)14(10-13)8-9-17-12(3)4/h11-16H,6-10H2,1-5H3. The predicted molar refractivity (Wildman–Crippen MR) is 74.2 cm³/mol. The minimum absolute atomic E-state index is 0.368. The average molecular weight is 241 g/mol. The van der Waals surface area contributed by atoms with Crippen LogP contribution in [0.5, 0.6) is 0 Å². The second-order valence-electron chi connectivity index (χ2n) is 6.18. The lowest BCUT2D eigenvalue weighted by Gasteiger charge is -2.38. The second-order valence-corrected chi connectivity index (χ2v) is 6.18. The third-order valence-electron chi connectivity index (χ3n) is 4.28. The molecule has 0 aromatic heterocycles. The number of ether oxygens (including phenoxy) is 1. The van der Waals surface area contributed by atoms with E-state index in [9.17, 15) is 0 Å². The summed E-state index contributed by atoms with van der Waals surface area (Å²) in [5, 5.41) is 3.50. The summed E-state index contributed by atoms with van der Waals surface area (Å²) in [5.74, 6) is 2.56. The summed E-state index contributed by atoms with van der Waals surface area (Å²) in [7, 11) is 2.11. The Morgan fingerprint density at radius 1 is 1.18 bits per heavy atom. The summed E-state index contributed by atoms with van der Waals surface area (Å²) in [6.45, 7) is 9.89. The minimum atomic E-state index is 0.368. The fourth-order valence-electron chi connectivity index (χ4n) is 3.06. The van der Waals surface area contributed by atoms with Gasteiger partial charge in [-0.3, -0.25) is 0 Å². The molecule has 0 saturated heterocycles. The van der Waals surface area contributed by atoms with Gasteiger partial charge in [-0.25, -0.2) is 0 Å². The van der Waals surface area contributed by atoms with Gasteiger partial charge in [-0.15, -0.1) is 0 Å². The zero-order valence-electron chi connectivity index (χ0n) is 12.3. The summed E-state index contributed by atoms with van der Waals surface area (Å²) >= 11 is 0. The smallest absolute Gasteiger partial charge is 0.0518 e. The van der Waals surface area contributed by atoms with Crippen molar-refractivity contribution in [1.82, 2.24) is 5.32 Å². The molecule has 0 aromatic rings. The molecule has 1 N–H and O–H groups in total. The predicted octanol–water partition coefficient (Wildman–Crippen LogP) is 3.46. The molecule has 0 aromatic carbocycles. The number of hydrogen-bond acceptors (Lipinski definition) is 2. The van der Waals surface area contributed by atoms with Gasteiger partial charge in [0.05, 0.1) is 6.10 Å². The van der Waals surface area contributed by atoms with Crippen molar-refractivity contribution in [2.75, 3.05) is 13.7 Å². The van der Waals surface area contributed by atoms with Crippen LogP contribution < -0.4 is 5.32 Å². The maximum Gasteiger partial charge on any atom is 0.0518 e. The van der Waals surface area contributed by atoms with Crippen LogP contribution in [-0.4, -0.2) is 25.8 Å². The van der Waals surface area contributed by atoms with Gasteiger partial charge in [0.25, 0.3) is 0 Å². The topological polar surface area (TPSA) is 21.3 Å². The average Bonchev–Trinajstić information content (AvgIpc) is 2.28. The van der Waals surface area contributed by atoms with Gasteiger partial charge < -0.3 is 10.1 Å². The van der Waals surface area contributed by atoms with Crippen LogP contribution in [0.3, 0.4) is 0 Å². The van der Waals surface area contributed by atoms with E-state index in [1.165, 1.54) is 25.7 Å². The van der Waals surface area contributed by atoms with Crippen LogP contribution in [0.2, 0.25) is 0 Å². The Kier molecular flexibility index (Phi) is 6.50. The summed E-state index contributed by atoms with van der Waals surface area (Å²) < 4.78 is 5.71. The van der Waals surface area contributed by atoms with Crippen molar-refractivity contribution in [1.29, 1.82) is 0 Å². The summed E-state index contributed by atoms with van der Waals surface area (Å²) in [6.07, 6.45) is 5.70. The quantitative estimate of drug-likeness (QED) is 0.769. The summed E-state index contributed by atoms with van der Waals surface area (Å²) in [4.78, 5) is 0. The van der Waals surface area contributed by atoms with Gasteiger partial charge in [-0.1, -0.05) is 13.8 Å². The second kappa shape index (κ2) is 7.38. The molecule has 0 bridgehead atoms. The van der Waals surface area contributed by atoms with Crippen LogP contribution >= 0.6 is 0 Å². The van der Waals surface area contributed by atoms with Crippen LogP contribution in [0.15, 0.2) is 0 Å². The van der Waals surface area contributed by atoms with Gasteiger partial charge in [0.2, 0.25) is 0 Å². The van der Waals surface area contributed by atoms with E-state index in [1.54, 1.807) is 0 Å². The van der Waals surface area contributed by atoms with Crippen molar-refractivity contribution in [3.8, 4) is 0 Å². The Labute approximate surface area is 108 Å². The molecule has 17 heavy (non-hydrogen) atoms. The molecule has 1 fully saturated rings. The molecule has 2 nitrogen and oxygen atoms in total. The van der Waals surface area contributed by atoms with Crippen molar-refractivity contribution in [3.05, 3.63) is 0 Å². The maximum atomic E-state index is 5.71. The molecular weight excluding hydrogens is 210 g/mol. The molecule has 3 unspecified atom stereocenters. The molecule has 1 rings (SSSR count). The Bertz CT molecular complexity index is 203. The zero-order chi connectivity index (χ0) is 12.8. The van der Waals surface area contributed by atoms with Gasteiger partial charge >= 0.3 is 0 Å². The van der Waals surface area contributed by atoms with E-state index in [0.29, 0.717) is 12.1 Å². The van der Waals surface area contributed by atoms with Crippen molar-refractivity contribution in [2.24, 2.45) is 17.8 Å². The zero-order valence-corrected chi connectivity index (χ0v) is 12.3. The van der Waals surface area contributed by atoms with E-state index in [2.05, 4.69) is 40.1 Å². The van der Waals surface area contributed by atoms with E-state index < -0.39 is 0 Å². The van der Waals surface area contributed by atoms with Crippen LogP contribution in [0, 0.1) is 17.8 Å². The normalized spacial score (nSPS) is 30.2. The highest BCUT2D eigenvalue weighted by atomic mass is 16.5. The third kappa shape index (κ3) is 4.97. The first-order valence-corrected chi connectivity index (χ1v) is 7.33. The highest BCUT2D eigenvalue weighted by molar-refractivity contribution is 4.85. The van der Waals surface area contributed by atoms with E-state index in [-0.39, 0.29) is 0 Å². The summed E-state index contributed by atoms with van der Waals surface area (Å²) in [5.41, 5.74) is 0. The van der Waals surface area contributed by atoms with E-state index in [1.807, 2.05) is 0 Å². The number of nitrogens with one attached hydrogen (secondary N) is 1. The van der Waals surface area contributed by atoms with Gasteiger partial charge in [0.1, 0.15) is 0 Å². The van der Waals surface area contributed by atoms with Crippen molar-refractivity contribution < 1.29 is 4.74 Å². The molecule has 2 heteroatoms. The molecule has 0 aliphatic heterocycles. The molecule has 1 saturated carbocycles. The van der Waals surface area contributed by atoms with E-state index >= 15 is 0 Å². The number of rotatable bonds is 6. The fraction of sp³-hybridized carbons (Fsp3) is 1.00. The summed E-state index contributed by atoms with van der Waals surface area (Å²) in [6, 6.07) is 0.709. The van der Waals surface area contributed by atoms with Crippen molar-refractivity contribution in [2.45, 2.75) is 65.5 Å². The maximum absolute atomic E-state index is 5.71. The lowest BCUT2D eigenvalue weighted by atomic mass is 9.72. The molecule has 0 spiro atoms. The molecule has 0 amide bonds. The van der Waals surface area contributed by atoms with Crippen LogP contribution in [-0.2, 0) is 4.74 Å². The Balaban J connectivity index is 2.40. The molecule has 102 valence electrons. The van der Waals surface area contributed by atoms with Crippen molar-refractivity contribution in [3.63, 3.8) is 0 Å². The Morgan fingerprint density at radius 2 is 1.88 bits per heavy atom. The highest BCUT2D eigenvalue weighted by Crippen LogP contribution is 2.35. The van der Waals surface area contributed by atoms with Crippen molar-refractivity contribution >= 4 is 0 Å². The first kappa shape index (κ1) is 15.0. The third-order valence-corrected chi connectivity index (χ3v) is 4.28. The largest absolute Gasteiger partial charge is 0.379 e. The molecule has 1 aliphatic rings. The van der Waals surface area contributed by atoms with Gasteiger partial charge in [0.15, 0.2) is 0 Å². The van der Waals surface area contributed by atoms with Gasteiger partial charge in [0, 0.05) is 12.6 Å². The molecular formula is C15H31NO. The van der Waals surface area contributed by atoms with E-state index in [4.69, 9.17) is 4.74 Å². The molecule has 1 aliphatic carbocycles. The van der Waals surface area contributed by atoms with Crippen LogP contribution in [0.25, 0.3) is 0 Å². The Hall–Kier alpha value is -0.0800. The Morgan fingerprint density at radius 3 is 2.41 bits per heavy atom. The molecule has 3 atom stereocenters. The lowest BCUT2D eigenvalue weighted by Crippen LogP contribution is -2.40. The number of hydrogen-bond donors (Lipinski definition) is 1. The van der Waals surface area contributed by atoms with Gasteiger partial charge in [-0.2, -0.15) is 0 Å².